The van der Waals surface area contributed by atoms with Crippen LogP contribution in [0.2, 0.25) is 0 Å². The van der Waals surface area contributed by atoms with Gasteiger partial charge in [0, 0.05) is 13.6 Å². The molecule has 0 aliphatic rings. The number of rotatable bonds is 3. The van der Waals surface area contributed by atoms with E-state index >= 15 is 0 Å². The molecule has 0 aliphatic carbocycles. The van der Waals surface area contributed by atoms with E-state index in [1.54, 1.807) is 20.8 Å². The smallest absolute Gasteiger partial charge is 0.340 e. The molecule has 0 aliphatic heterocycles. The Morgan fingerprint density at radius 2 is 1.67 bits per heavy atom. The molecule has 0 aromatic rings. The van der Waals surface area contributed by atoms with Crippen molar-refractivity contribution >= 4 is 5.91 Å². The van der Waals surface area contributed by atoms with Gasteiger partial charge in [-0.2, -0.15) is 8.78 Å². The molecule has 6 heteroatoms. The van der Waals surface area contributed by atoms with E-state index in [0.717, 1.165) is 7.05 Å². The average Bonchev–Trinajstić information content (AvgIpc) is 1.99. The number of amides is 1. The number of hydrogen-bond acceptors (Lipinski definition) is 1. The Balaban J connectivity index is 4.59. The van der Waals surface area contributed by atoms with Crippen LogP contribution in [-0.4, -0.2) is 36.7 Å². The molecule has 0 atom stereocenters. The van der Waals surface area contributed by atoms with Crippen molar-refractivity contribution in [3.05, 3.63) is 0 Å². The first-order chi connectivity index (χ1) is 6.48. The molecular weight excluding hydrogens is 214 g/mol. The average molecular weight is 229 g/mol. The van der Waals surface area contributed by atoms with Gasteiger partial charge in [0.25, 0.3) is 5.91 Å². The molecule has 0 aromatic carbocycles. The minimum Gasteiger partial charge on any atom is -0.340 e. The minimum atomic E-state index is -4.60. The van der Waals surface area contributed by atoms with Crippen LogP contribution in [0.5, 0.6) is 0 Å². The van der Waals surface area contributed by atoms with Crippen LogP contribution >= 0.6 is 0 Å². The number of hydrogen-bond donors (Lipinski definition) is 0. The van der Waals surface area contributed by atoms with E-state index < -0.39 is 23.7 Å². The van der Waals surface area contributed by atoms with Crippen LogP contribution in [0.15, 0.2) is 0 Å². The summed E-state index contributed by atoms with van der Waals surface area (Å²) < 4.78 is 49.0. The molecule has 0 aromatic heterocycles. The molecule has 0 rings (SSSR count). The lowest BCUT2D eigenvalue weighted by Gasteiger charge is -2.29. The highest BCUT2D eigenvalue weighted by atomic mass is 19.3. The van der Waals surface area contributed by atoms with Gasteiger partial charge in [0.2, 0.25) is 0 Å². The van der Waals surface area contributed by atoms with Gasteiger partial charge in [-0.1, -0.05) is 20.8 Å². The normalized spacial score (nSPS) is 13.1. The summed E-state index contributed by atoms with van der Waals surface area (Å²) in [5.41, 5.74) is -0.414. The third-order valence-corrected chi connectivity index (χ3v) is 1.62. The molecule has 0 N–H and O–H groups in total. The molecule has 0 saturated carbocycles. The van der Waals surface area contributed by atoms with Gasteiger partial charge in [0.05, 0.1) is 0 Å². The summed E-state index contributed by atoms with van der Waals surface area (Å²) >= 11 is 0. The van der Waals surface area contributed by atoms with Crippen molar-refractivity contribution < 1.29 is 22.4 Å². The lowest BCUT2D eigenvalue weighted by atomic mass is 9.96. The summed E-state index contributed by atoms with van der Waals surface area (Å²) in [5, 5.41) is 0. The van der Waals surface area contributed by atoms with Gasteiger partial charge in [-0.15, -0.1) is 0 Å². The second kappa shape index (κ2) is 4.37. The largest absolute Gasteiger partial charge is 0.383 e. The molecule has 0 unspecified atom stereocenters. The summed E-state index contributed by atoms with van der Waals surface area (Å²) in [6.07, 6.45) is -3.97. The first kappa shape index (κ1) is 14.2. The van der Waals surface area contributed by atoms with Crippen molar-refractivity contribution in [1.29, 1.82) is 0 Å². The van der Waals surface area contributed by atoms with Gasteiger partial charge in [0.15, 0.2) is 0 Å². The third kappa shape index (κ3) is 4.05. The fraction of sp³-hybridized carbons (Fsp3) is 0.889. The Morgan fingerprint density at radius 1 is 1.27 bits per heavy atom. The molecular formula is C9H15F4NO. The van der Waals surface area contributed by atoms with Crippen molar-refractivity contribution in [3.63, 3.8) is 0 Å². The van der Waals surface area contributed by atoms with Crippen molar-refractivity contribution in [2.45, 2.75) is 33.1 Å². The second-order valence-corrected chi connectivity index (χ2v) is 4.65. The monoisotopic (exact) mass is 229 g/mol. The lowest BCUT2D eigenvalue weighted by Crippen LogP contribution is -2.48. The van der Waals surface area contributed by atoms with Crippen molar-refractivity contribution in [3.8, 4) is 0 Å². The maximum absolute atomic E-state index is 12.6. The van der Waals surface area contributed by atoms with E-state index in [0.29, 0.717) is 4.90 Å². The Morgan fingerprint density at radius 3 is 1.93 bits per heavy atom. The zero-order valence-corrected chi connectivity index (χ0v) is 9.15. The maximum atomic E-state index is 12.6. The van der Waals surface area contributed by atoms with Crippen LogP contribution < -0.4 is 0 Å². The Kier molecular flexibility index (Phi) is 4.13. The molecule has 2 nitrogen and oxygen atoms in total. The first-order valence-corrected chi connectivity index (χ1v) is 4.40. The number of carbonyl (C=O) groups is 1. The van der Waals surface area contributed by atoms with Gasteiger partial charge in [-0.25, -0.2) is 8.78 Å². The molecule has 0 fully saturated rings. The summed E-state index contributed by atoms with van der Waals surface area (Å²) in [4.78, 5) is 11.6. The van der Waals surface area contributed by atoms with Gasteiger partial charge in [0.1, 0.15) is 0 Å². The molecule has 0 bridgehead atoms. The highest BCUT2D eigenvalue weighted by molar-refractivity contribution is 5.83. The van der Waals surface area contributed by atoms with E-state index in [9.17, 15) is 22.4 Å². The summed E-state index contributed by atoms with van der Waals surface area (Å²) in [7, 11) is 1.09. The third-order valence-electron chi connectivity index (χ3n) is 1.62. The zero-order valence-electron chi connectivity index (χ0n) is 9.15. The molecule has 0 radical (unpaired) electrons. The fourth-order valence-corrected chi connectivity index (χ4v) is 1.13. The van der Waals surface area contributed by atoms with Gasteiger partial charge in [-0.05, 0) is 5.41 Å². The van der Waals surface area contributed by atoms with Crippen LogP contribution in [0.1, 0.15) is 20.8 Å². The van der Waals surface area contributed by atoms with Gasteiger partial charge in [-0.3, -0.25) is 4.79 Å². The molecule has 15 heavy (non-hydrogen) atoms. The summed E-state index contributed by atoms with van der Waals surface area (Å²) in [5.74, 6) is -6.44. The van der Waals surface area contributed by atoms with E-state index in [4.69, 9.17) is 0 Å². The van der Waals surface area contributed by atoms with Crippen molar-refractivity contribution in [2.24, 2.45) is 5.41 Å². The standard InChI is InChI=1S/C9H15F4NO/c1-8(2,3)5-14(4)7(15)9(12,13)6(10)11/h6H,5H2,1-4H3. The Labute approximate surface area is 86.2 Å². The number of halogens is 4. The SMILES string of the molecule is CN(CC(C)(C)C)C(=O)C(F)(F)C(F)F. The van der Waals surface area contributed by atoms with Gasteiger partial charge < -0.3 is 4.90 Å². The van der Waals surface area contributed by atoms with E-state index in [1.165, 1.54) is 0 Å². The zero-order chi connectivity index (χ0) is 12.4. The molecule has 0 spiro atoms. The number of alkyl halides is 4. The summed E-state index contributed by atoms with van der Waals surface area (Å²) in [6.45, 7) is 5.15. The maximum Gasteiger partial charge on any atom is 0.383 e. The number of nitrogens with zero attached hydrogens (tertiary/aromatic N) is 1. The van der Waals surface area contributed by atoms with E-state index in [-0.39, 0.29) is 6.54 Å². The molecule has 0 saturated heterocycles. The van der Waals surface area contributed by atoms with Crippen molar-refractivity contribution in [1.82, 2.24) is 4.90 Å². The molecule has 0 heterocycles. The predicted octanol–water partition coefficient (Wildman–Crippen LogP) is 2.39. The second-order valence-electron chi connectivity index (χ2n) is 4.65. The van der Waals surface area contributed by atoms with Crippen molar-refractivity contribution in [2.75, 3.05) is 13.6 Å². The van der Waals surface area contributed by atoms with Crippen LogP contribution in [0, 0.1) is 5.41 Å². The minimum absolute atomic E-state index is 0.00581. The predicted molar refractivity (Wildman–Crippen MR) is 48.0 cm³/mol. The van der Waals surface area contributed by atoms with E-state index in [1.807, 2.05) is 0 Å². The van der Waals surface area contributed by atoms with Crippen LogP contribution in [0.3, 0.4) is 0 Å². The highest BCUT2D eigenvalue weighted by Crippen LogP contribution is 2.26. The molecule has 90 valence electrons. The summed E-state index contributed by atoms with van der Waals surface area (Å²) in [6, 6.07) is 0. The van der Waals surface area contributed by atoms with Crippen LogP contribution in [-0.2, 0) is 4.79 Å². The number of carbonyl (C=O) groups excluding carboxylic acids is 1. The van der Waals surface area contributed by atoms with E-state index in [2.05, 4.69) is 0 Å². The quantitative estimate of drug-likeness (QED) is 0.680. The van der Waals surface area contributed by atoms with Gasteiger partial charge >= 0.3 is 12.3 Å². The molecule has 1 amide bonds. The Hall–Kier alpha value is -0.810. The topological polar surface area (TPSA) is 20.3 Å². The highest BCUT2D eigenvalue weighted by Gasteiger charge is 2.50. The van der Waals surface area contributed by atoms with Crippen LogP contribution in [0.4, 0.5) is 17.6 Å². The fourth-order valence-electron chi connectivity index (χ4n) is 1.13. The lowest BCUT2D eigenvalue weighted by molar-refractivity contribution is -0.180. The van der Waals surface area contributed by atoms with Crippen LogP contribution in [0.25, 0.3) is 0 Å². The Bertz CT molecular complexity index is 235. The first-order valence-electron chi connectivity index (χ1n) is 4.40.